The standard InChI is InChI=1S/C18H26N2O2S/c1-13(2)20-7-4-6-18(17(20)21)9-14-10-19(12-16(18)22-14)11-15-5-3-8-23-15/h3,5,8,13-14,16H,4,6-7,9-12H2,1-2H3. The highest BCUT2D eigenvalue weighted by atomic mass is 32.1. The van der Waals surface area contributed by atoms with Crippen LogP contribution in [-0.2, 0) is 16.1 Å². The highest BCUT2D eigenvalue weighted by Gasteiger charge is 2.58. The molecule has 3 atom stereocenters. The summed E-state index contributed by atoms with van der Waals surface area (Å²) in [5.41, 5.74) is -0.253. The smallest absolute Gasteiger partial charge is 0.231 e. The fraction of sp³-hybridized carbons (Fsp3) is 0.722. The summed E-state index contributed by atoms with van der Waals surface area (Å²) in [6.45, 7) is 8.02. The number of thiophene rings is 1. The first kappa shape index (κ1) is 15.6. The van der Waals surface area contributed by atoms with E-state index in [1.807, 2.05) is 11.3 Å². The third kappa shape index (κ3) is 2.63. The third-order valence-corrected chi connectivity index (χ3v) is 6.60. The number of ether oxygens (including phenoxy) is 1. The zero-order chi connectivity index (χ0) is 16.0. The molecule has 0 saturated carbocycles. The number of nitrogens with zero attached hydrogens (tertiary/aromatic N) is 2. The molecule has 4 rings (SSSR count). The molecule has 3 saturated heterocycles. The van der Waals surface area contributed by atoms with Gasteiger partial charge in [0.05, 0.1) is 17.6 Å². The van der Waals surface area contributed by atoms with Gasteiger partial charge in [0.15, 0.2) is 0 Å². The maximum absolute atomic E-state index is 13.2. The van der Waals surface area contributed by atoms with Crippen molar-refractivity contribution in [3.8, 4) is 0 Å². The maximum atomic E-state index is 13.2. The lowest BCUT2D eigenvalue weighted by molar-refractivity contribution is -0.155. The number of piperidine rings is 1. The molecule has 0 aliphatic carbocycles. The molecule has 4 heterocycles. The largest absolute Gasteiger partial charge is 0.371 e. The number of hydrogen-bond donors (Lipinski definition) is 0. The predicted molar refractivity (Wildman–Crippen MR) is 91.4 cm³/mol. The van der Waals surface area contributed by atoms with Crippen LogP contribution >= 0.6 is 11.3 Å². The Morgan fingerprint density at radius 3 is 3.04 bits per heavy atom. The van der Waals surface area contributed by atoms with E-state index in [2.05, 4.69) is 41.2 Å². The predicted octanol–water partition coefficient (Wildman–Crippen LogP) is 2.74. The molecule has 2 bridgehead atoms. The van der Waals surface area contributed by atoms with Gasteiger partial charge in [0, 0.05) is 37.1 Å². The second kappa shape index (κ2) is 5.87. The van der Waals surface area contributed by atoms with Crippen LogP contribution in [0.4, 0.5) is 0 Å². The van der Waals surface area contributed by atoms with Gasteiger partial charge in [0.25, 0.3) is 0 Å². The summed E-state index contributed by atoms with van der Waals surface area (Å²) >= 11 is 1.81. The Kier molecular flexibility index (Phi) is 3.98. The molecule has 1 aromatic heterocycles. The normalized spacial score (nSPS) is 34.7. The van der Waals surface area contributed by atoms with Crippen molar-refractivity contribution in [2.24, 2.45) is 5.41 Å². The van der Waals surface area contributed by atoms with E-state index in [0.717, 1.165) is 45.4 Å². The Hall–Kier alpha value is -0.910. The fourth-order valence-corrected chi connectivity index (χ4v) is 5.41. The Bertz CT molecular complexity index is 574. The minimum absolute atomic E-state index is 0.0789. The summed E-state index contributed by atoms with van der Waals surface area (Å²) in [6.07, 6.45) is 3.34. The molecular formula is C18H26N2O2S. The highest BCUT2D eigenvalue weighted by molar-refractivity contribution is 7.09. The second-order valence-corrected chi connectivity index (χ2v) is 8.61. The Morgan fingerprint density at radius 2 is 2.30 bits per heavy atom. The van der Waals surface area contributed by atoms with Crippen molar-refractivity contribution in [1.29, 1.82) is 0 Å². The molecule has 23 heavy (non-hydrogen) atoms. The van der Waals surface area contributed by atoms with Gasteiger partial charge in [0.1, 0.15) is 0 Å². The second-order valence-electron chi connectivity index (χ2n) is 7.58. The van der Waals surface area contributed by atoms with Gasteiger partial charge in [-0.25, -0.2) is 0 Å². The molecule has 0 N–H and O–H groups in total. The van der Waals surface area contributed by atoms with Crippen LogP contribution in [0.1, 0.15) is 38.0 Å². The van der Waals surface area contributed by atoms with E-state index in [1.165, 1.54) is 4.88 Å². The molecule has 3 unspecified atom stereocenters. The van der Waals surface area contributed by atoms with Gasteiger partial charge in [0.2, 0.25) is 5.91 Å². The van der Waals surface area contributed by atoms with E-state index in [0.29, 0.717) is 11.9 Å². The zero-order valence-electron chi connectivity index (χ0n) is 14.0. The minimum Gasteiger partial charge on any atom is -0.371 e. The van der Waals surface area contributed by atoms with Crippen molar-refractivity contribution < 1.29 is 9.53 Å². The van der Waals surface area contributed by atoms with Gasteiger partial charge in [-0.1, -0.05) is 6.07 Å². The number of morpholine rings is 1. The summed E-state index contributed by atoms with van der Waals surface area (Å²) in [5.74, 6) is 0.351. The van der Waals surface area contributed by atoms with Crippen LogP contribution in [0.15, 0.2) is 17.5 Å². The van der Waals surface area contributed by atoms with E-state index in [4.69, 9.17) is 4.74 Å². The molecule has 5 heteroatoms. The lowest BCUT2D eigenvalue weighted by Crippen LogP contribution is -2.56. The zero-order valence-corrected chi connectivity index (χ0v) is 14.8. The molecule has 3 fully saturated rings. The Balaban J connectivity index is 1.52. The average molecular weight is 334 g/mol. The van der Waals surface area contributed by atoms with Crippen LogP contribution in [-0.4, -0.2) is 53.6 Å². The monoisotopic (exact) mass is 334 g/mol. The van der Waals surface area contributed by atoms with Crippen LogP contribution in [0.2, 0.25) is 0 Å². The van der Waals surface area contributed by atoms with Crippen LogP contribution in [0, 0.1) is 5.41 Å². The van der Waals surface area contributed by atoms with E-state index in [-0.39, 0.29) is 17.6 Å². The fourth-order valence-electron chi connectivity index (χ4n) is 4.66. The van der Waals surface area contributed by atoms with Gasteiger partial charge in [-0.05, 0) is 44.6 Å². The first-order valence-corrected chi connectivity index (χ1v) is 9.68. The van der Waals surface area contributed by atoms with Gasteiger partial charge in [-0.15, -0.1) is 11.3 Å². The molecule has 0 radical (unpaired) electrons. The number of likely N-dealkylation sites (tertiary alicyclic amines) is 2. The van der Waals surface area contributed by atoms with Crippen molar-refractivity contribution in [2.45, 2.75) is 57.9 Å². The number of hydrogen-bond acceptors (Lipinski definition) is 4. The van der Waals surface area contributed by atoms with Crippen molar-refractivity contribution in [2.75, 3.05) is 19.6 Å². The molecule has 4 nitrogen and oxygen atoms in total. The van der Waals surface area contributed by atoms with Gasteiger partial charge in [-0.2, -0.15) is 0 Å². The lowest BCUT2D eigenvalue weighted by atomic mass is 9.72. The average Bonchev–Trinajstić information content (AvgIpc) is 3.09. The Labute approximate surface area is 142 Å². The summed E-state index contributed by atoms with van der Waals surface area (Å²) in [6, 6.07) is 4.61. The molecule has 126 valence electrons. The number of carbonyl (C=O) groups excluding carboxylic acids is 1. The summed E-state index contributed by atoms with van der Waals surface area (Å²) < 4.78 is 6.25. The van der Waals surface area contributed by atoms with Crippen LogP contribution in [0.5, 0.6) is 0 Å². The molecule has 0 aromatic carbocycles. The van der Waals surface area contributed by atoms with E-state index in [9.17, 15) is 4.79 Å². The molecule has 1 amide bonds. The van der Waals surface area contributed by atoms with Crippen molar-refractivity contribution in [1.82, 2.24) is 9.80 Å². The number of rotatable bonds is 3. The molecule has 1 spiro atoms. The van der Waals surface area contributed by atoms with Crippen LogP contribution in [0.3, 0.4) is 0 Å². The van der Waals surface area contributed by atoms with E-state index >= 15 is 0 Å². The molecule has 3 aliphatic heterocycles. The van der Waals surface area contributed by atoms with Crippen LogP contribution < -0.4 is 0 Å². The first-order valence-electron chi connectivity index (χ1n) is 8.80. The summed E-state index contributed by atoms with van der Waals surface area (Å²) in [7, 11) is 0. The van der Waals surface area contributed by atoms with E-state index in [1.54, 1.807) is 0 Å². The number of carbonyl (C=O) groups is 1. The quantitative estimate of drug-likeness (QED) is 0.852. The number of fused-ring (bicyclic) bond motifs is 3. The maximum Gasteiger partial charge on any atom is 0.231 e. The van der Waals surface area contributed by atoms with Gasteiger partial charge in [-0.3, -0.25) is 9.69 Å². The summed E-state index contributed by atoms with van der Waals surface area (Å²) in [4.78, 5) is 19.2. The third-order valence-electron chi connectivity index (χ3n) is 5.74. The molecule has 3 aliphatic rings. The minimum atomic E-state index is -0.253. The lowest BCUT2D eigenvalue weighted by Gasteiger charge is -2.44. The van der Waals surface area contributed by atoms with Crippen LogP contribution in [0.25, 0.3) is 0 Å². The Morgan fingerprint density at radius 1 is 1.43 bits per heavy atom. The first-order chi connectivity index (χ1) is 11.1. The topological polar surface area (TPSA) is 32.8 Å². The molecule has 1 aromatic rings. The van der Waals surface area contributed by atoms with E-state index < -0.39 is 0 Å². The van der Waals surface area contributed by atoms with Crippen molar-refractivity contribution in [3.05, 3.63) is 22.4 Å². The van der Waals surface area contributed by atoms with Gasteiger partial charge >= 0.3 is 0 Å². The number of amides is 1. The van der Waals surface area contributed by atoms with Crippen molar-refractivity contribution in [3.63, 3.8) is 0 Å². The molecular weight excluding hydrogens is 308 g/mol. The SMILES string of the molecule is CC(C)N1CCCC2(CC3CN(Cc4cccs4)CC2O3)C1=O. The van der Waals surface area contributed by atoms with Gasteiger partial charge < -0.3 is 9.64 Å². The summed E-state index contributed by atoms with van der Waals surface area (Å²) in [5, 5.41) is 2.14. The highest BCUT2D eigenvalue weighted by Crippen LogP contribution is 2.49. The van der Waals surface area contributed by atoms with Crippen molar-refractivity contribution >= 4 is 17.2 Å².